The Morgan fingerprint density at radius 3 is 2.03 bits per heavy atom. The average Bonchev–Trinajstić information content (AvgIpc) is 3.97. The Kier molecular flexibility index (Phi) is 12.0. The van der Waals surface area contributed by atoms with Gasteiger partial charge in [0.15, 0.2) is 0 Å². The van der Waals surface area contributed by atoms with Crippen molar-refractivity contribution in [1.82, 2.24) is 43.6 Å². The van der Waals surface area contributed by atoms with E-state index in [2.05, 4.69) is 25.7 Å². The molecule has 7 rings (SSSR count). The van der Waals surface area contributed by atoms with E-state index in [9.17, 15) is 14.4 Å². The highest BCUT2D eigenvalue weighted by molar-refractivity contribution is 6.04. The number of aryl methyl sites for hydroxylation is 5. The summed E-state index contributed by atoms with van der Waals surface area (Å²) in [5.41, 5.74) is 11.8. The molecule has 1 fully saturated rings. The molecule has 0 atom stereocenters. The van der Waals surface area contributed by atoms with Crippen molar-refractivity contribution < 1.29 is 23.9 Å². The smallest absolute Gasteiger partial charge is 0.276 e. The van der Waals surface area contributed by atoms with E-state index in [1.54, 1.807) is 39.7 Å². The minimum absolute atomic E-state index is 0.292. The van der Waals surface area contributed by atoms with Crippen LogP contribution in [0.25, 0.3) is 22.1 Å². The molecule has 1 aliphatic heterocycles. The second kappa shape index (κ2) is 17.4. The number of hydrogen-bond donors (Lipinski definition) is 3. The molecule has 6 aromatic rings. The van der Waals surface area contributed by atoms with Crippen molar-refractivity contribution in [2.24, 2.45) is 5.73 Å². The summed E-state index contributed by atoms with van der Waals surface area (Å²) in [7, 11) is 0. The zero-order chi connectivity index (χ0) is 40.9. The fourth-order valence-electron chi connectivity index (χ4n) is 7.24. The molecular weight excluding hydrogens is 741 g/mol. The summed E-state index contributed by atoms with van der Waals surface area (Å²) in [6, 6.07) is 12.5. The maximum atomic E-state index is 13.7. The molecule has 0 bridgehead atoms. The number of allylic oxidation sites excluding steroid dienone is 2. The SMILES string of the molecule is CCn1nc(C)cc1C(=O)Nc1nc2cc(C(N)=O)ccc2n1C/C=C/Cn1c(NC(=O)c2cc(C)nn2CC)nc2cc(C)cc(OCCCN3CCOCC3)c21. The standard InChI is InChI=1S/C41H50N12O5/c1-6-52-33(23-27(4)47-52)38(55)45-40-43-30-25-29(37(42)54)11-12-32(30)50(40)14-8-9-15-51-36-31(44-41(51)46-39(56)34-24-28(5)48-53(34)7-2)21-26(3)22-35(36)58-18-10-13-49-16-19-57-20-17-49/h8-9,11-12,21-25H,6-7,10,13-20H2,1-5H3,(H2,42,54)(H,43,45,55)(H,44,46,56)/b9-8+. The normalized spacial score (nSPS) is 13.5. The molecule has 17 nitrogen and oxygen atoms in total. The number of nitrogens with two attached hydrogens (primary N) is 1. The minimum atomic E-state index is -0.579. The highest BCUT2D eigenvalue weighted by Gasteiger charge is 2.22. The Hall–Kier alpha value is -6.33. The Balaban J connectivity index is 1.19. The number of imidazole rings is 2. The Labute approximate surface area is 335 Å². The van der Waals surface area contributed by atoms with Crippen molar-refractivity contribution in [2.45, 2.75) is 67.2 Å². The van der Waals surface area contributed by atoms with Crippen LogP contribution in [0.3, 0.4) is 0 Å². The molecule has 4 aromatic heterocycles. The number of morpholine rings is 1. The first-order valence-electron chi connectivity index (χ1n) is 19.6. The molecule has 17 heteroatoms. The summed E-state index contributed by atoms with van der Waals surface area (Å²) in [6.07, 6.45) is 4.75. The molecule has 5 heterocycles. The number of anilines is 2. The molecular formula is C41H50N12O5. The lowest BCUT2D eigenvalue weighted by molar-refractivity contribution is 0.0358. The summed E-state index contributed by atoms with van der Waals surface area (Å²) >= 11 is 0. The van der Waals surface area contributed by atoms with Crippen molar-refractivity contribution >= 4 is 51.7 Å². The molecule has 4 N–H and O–H groups in total. The highest BCUT2D eigenvalue weighted by Crippen LogP contribution is 2.31. The number of aromatic nitrogens is 8. The van der Waals surface area contributed by atoms with Crippen molar-refractivity contribution in [2.75, 3.05) is 50.1 Å². The van der Waals surface area contributed by atoms with Gasteiger partial charge in [0.2, 0.25) is 17.8 Å². The number of amides is 3. The van der Waals surface area contributed by atoms with Gasteiger partial charge in [-0.2, -0.15) is 10.2 Å². The van der Waals surface area contributed by atoms with E-state index >= 15 is 0 Å². The number of primary amides is 1. The molecule has 0 aliphatic carbocycles. The van der Waals surface area contributed by atoms with E-state index in [0.717, 1.165) is 61.7 Å². The number of fused-ring (bicyclic) bond motifs is 2. The number of benzene rings is 2. The van der Waals surface area contributed by atoms with E-state index in [4.69, 9.17) is 25.2 Å². The monoisotopic (exact) mass is 790 g/mol. The fraction of sp³-hybridized carbons (Fsp3) is 0.390. The zero-order valence-electron chi connectivity index (χ0n) is 33.6. The molecule has 1 saturated heterocycles. The van der Waals surface area contributed by atoms with Crippen LogP contribution in [0.4, 0.5) is 11.9 Å². The first-order valence-corrected chi connectivity index (χ1v) is 19.6. The topological polar surface area (TPSA) is 194 Å². The Morgan fingerprint density at radius 2 is 1.41 bits per heavy atom. The molecule has 304 valence electrons. The van der Waals surface area contributed by atoms with Crippen molar-refractivity contribution in [3.8, 4) is 5.75 Å². The molecule has 3 amide bonds. The number of ether oxygens (including phenoxy) is 2. The molecule has 1 aliphatic rings. The number of nitrogens with one attached hydrogen (secondary N) is 2. The van der Waals surface area contributed by atoms with Crippen molar-refractivity contribution in [3.63, 3.8) is 0 Å². The largest absolute Gasteiger partial charge is 0.491 e. The second-order valence-corrected chi connectivity index (χ2v) is 14.3. The van der Waals surface area contributed by atoms with Gasteiger partial charge >= 0.3 is 0 Å². The summed E-state index contributed by atoms with van der Waals surface area (Å²) in [5, 5.41) is 14.9. The summed E-state index contributed by atoms with van der Waals surface area (Å²) < 4.78 is 19.0. The summed E-state index contributed by atoms with van der Waals surface area (Å²) in [5.74, 6) is 0.0520. The summed E-state index contributed by atoms with van der Waals surface area (Å²) in [6.45, 7) is 15.9. The Bertz CT molecular complexity index is 2500. The van der Waals surface area contributed by atoms with Gasteiger partial charge in [0.1, 0.15) is 22.7 Å². The van der Waals surface area contributed by atoms with E-state index < -0.39 is 5.91 Å². The maximum Gasteiger partial charge on any atom is 0.276 e. The number of hydrogen-bond acceptors (Lipinski definition) is 10. The number of nitrogens with zero attached hydrogens (tertiary/aromatic N) is 9. The zero-order valence-corrected chi connectivity index (χ0v) is 33.6. The fourth-order valence-corrected chi connectivity index (χ4v) is 7.24. The Morgan fingerprint density at radius 1 is 0.810 bits per heavy atom. The van der Waals surface area contributed by atoms with Crippen LogP contribution in [0.2, 0.25) is 0 Å². The number of carbonyl (C=O) groups is 3. The number of rotatable bonds is 16. The van der Waals surface area contributed by atoms with Crippen LogP contribution in [-0.2, 0) is 30.9 Å². The molecule has 0 saturated carbocycles. The van der Waals surface area contributed by atoms with Crippen molar-refractivity contribution in [3.05, 3.63) is 88.5 Å². The highest BCUT2D eigenvalue weighted by atomic mass is 16.5. The van der Waals surface area contributed by atoms with E-state index in [-0.39, 0.29) is 11.8 Å². The quantitative estimate of drug-likeness (QED) is 0.0914. The molecule has 0 unspecified atom stereocenters. The molecule has 0 spiro atoms. The lowest BCUT2D eigenvalue weighted by Gasteiger charge is -2.26. The third-order valence-electron chi connectivity index (χ3n) is 10.0. The van der Waals surface area contributed by atoms with Crippen LogP contribution in [0, 0.1) is 20.8 Å². The van der Waals surface area contributed by atoms with Crippen molar-refractivity contribution in [1.29, 1.82) is 0 Å². The first-order chi connectivity index (χ1) is 28.0. The third-order valence-corrected chi connectivity index (χ3v) is 10.0. The van der Waals surface area contributed by atoms with Gasteiger partial charge in [0.25, 0.3) is 11.8 Å². The van der Waals surface area contributed by atoms with Gasteiger partial charge in [-0.1, -0.05) is 12.2 Å². The molecule has 0 radical (unpaired) electrons. The lowest BCUT2D eigenvalue weighted by Crippen LogP contribution is -2.37. The van der Waals surface area contributed by atoms with Gasteiger partial charge in [-0.3, -0.25) is 39.3 Å². The second-order valence-electron chi connectivity index (χ2n) is 14.3. The van der Waals surface area contributed by atoms with E-state index in [1.165, 1.54) is 0 Å². The number of carbonyl (C=O) groups excluding carboxylic acids is 3. The maximum absolute atomic E-state index is 13.7. The van der Waals surface area contributed by atoms with Gasteiger partial charge in [-0.05, 0) is 89.1 Å². The summed E-state index contributed by atoms with van der Waals surface area (Å²) in [4.78, 5) is 51.3. The van der Waals surface area contributed by atoms with Crippen LogP contribution in [-0.4, -0.2) is 101 Å². The molecule has 2 aromatic carbocycles. The van der Waals surface area contributed by atoms with Gasteiger partial charge in [0.05, 0.1) is 47.8 Å². The predicted octanol–water partition coefficient (Wildman–Crippen LogP) is 4.71. The van der Waals surface area contributed by atoms with Crippen LogP contribution in [0.15, 0.2) is 54.6 Å². The van der Waals surface area contributed by atoms with Gasteiger partial charge in [0, 0.05) is 51.4 Å². The first kappa shape index (κ1) is 39.9. The van der Waals surface area contributed by atoms with Gasteiger partial charge in [-0.15, -0.1) is 0 Å². The minimum Gasteiger partial charge on any atom is -0.491 e. The van der Waals surface area contributed by atoms with E-state index in [0.29, 0.717) is 83.9 Å². The van der Waals surface area contributed by atoms with E-state index in [1.807, 2.05) is 68.0 Å². The van der Waals surface area contributed by atoms with Gasteiger partial charge in [-0.25, -0.2) is 9.97 Å². The molecule has 58 heavy (non-hydrogen) atoms. The lowest BCUT2D eigenvalue weighted by atomic mass is 10.2. The van der Waals surface area contributed by atoms with Crippen LogP contribution >= 0.6 is 0 Å². The van der Waals surface area contributed by atoms with Crippen LogP contribution in [0.1, 0.15) is 68.6 Å². The predicted molar refractivity (Wildman–Crippen MR) is 220 cm³/mol. The average molecular weight is 791 g/mol. The van der Waals surface area contributed by atoms with Crippen LogP contribution < -0.4 is 21.1 Å². The van der Waals surface area contributed by atoms with Crippen LogP contribution in [0.5, 0.6) is 5.75 Å². The third kappa shape index (κ3) is 8.64. The van der Waals surface area contributed by atoms with Gasteiger partial charge < -0.3 is 24.3 Å².